The van der Waals surface area contributed by atoms with Gasteiger partial charge in [0.25, 0.3) is 0 Å². The predicted octanol–water partition coefficient (Wildman–Crippen LogP) is 10.5. The van der Waals surface area contributed by atoms with Gasteiger partial charge in [-0.1, -0.05) is 140 Å². The Morgan fingerprint density at radius 2 is 0.614 bits per heavy atom. The van der Waals surface area contributed by atoms with E-state index in [2.05, 4.69) is 152 Å². The minimum absolute atomic E-state index is 0.647. The molecule has 0 fully saturated rings. The molecule has 0 aliphatic rings. The zero-order valence-electron chi connectivity index (χ0n) is 23.9. The smallest absolute Gasteiger partial charge is 0.164 e. The highest BCUT2D eigenvalue weighted by Crippen LogP contribution is 2.31. The molecule has 0 saturated heterocycles. The quantitative estimate of drug-likeness (QED) is 0.210. The molecule has 0 unspecified atom stereocenters. The van der Waals surface area contributed by atoms with Crippen LogP contribution in [0.5, 0.6) is 0 Å². The molecule has 0 amide bonds. The maximum absolute atomic E-state index is 5.06. The zero-order valence-corrected chi connectivity index (χ0v) is 23.9. The fourth-order valence-electron chi connectivity index (χ4n) is 5.76. The molecule has 0 bridgehead atoms. The van der Waals surface area contributed by atoms with E-state index in [0.717, 1.165) is 38.6 Å². The number of benzene rings is 7. The van der Waals surface area contributed by atoms with Crippen molar-refractivity contribution in [3.8, 4) is 56.4 Å². The minimum atomic E-state index is 0.647. The molecule has 7 aromatic carbocycles. The van der Waals surface area contributed by atoms with Crippen LogP contribution in [0.1, 0.15) is 0 Å². The first-order valence-electron chi connectivity index (χ1n) is 14.8. The number of hydrogen-bond donors (Lipinski definition) is 0. The normalized spacial score (nSPS) is 11.2. The van der Waals surface area contributed by atoms with Gasteiger partial charge in [-0.15, -0.1) is 0 Å². The van der Waals surface area contributed by atoms with Crippen molar-refractivity contribution in [1.29, 1.82) is 0 Å². The number of aromatic nitrogens is 3. The van der Waals surface area contributed by atoms with Crippen molar-refractivity contribution in [2.75, 3.05) is 0 Å². The Morgan fingerprint density at radius 3 is 1.23 bits per heavy atom. The lowest BCUT2D eigenvalue weighted by Gasteiger charge is -2.11. The monoisotopic (exact) mass is 561 g/mol. The molecule has 0 aliphatic heterocycles. The largest absolute Gasteiger partial charge is 0.208 e. The molecule has 3 nitrogen and oxygen atoms in total. The summed E-state index contributed by atoms with van der Waals surface area (Å²) >= 11 is 0. The number of nitrogens with zero attached hydrogens (tertiary/aromatic N) is 3. The second kappa shape index (κ2) is 11.0. The van der Waals surface area contributed by atoms with Crippen molar-refractivity contribution in [2.45, 2.75) is 0 Å². The molecule has 44 heavy (non-hydrogen) atoms. The topological polar surface area (TPSA) is 38.7 Å². The van der Waals surface area contributed by atoms with Crippen molar-refractivity contribution in [1.82, 2.24) is 15.0 Å². The van der Waals surface area contributed by atoms with Gasteiger partial charge in [0.1, 0.15) is 0 Å². The van der Waals surface area contributed by atoms with Crippen molar-refractivity contribution in [3.63, 3.8) is 0 Å². The lowest BCUT2D eigenvalue weighted by Crippen LogP contribution is -2.00. The summed E-state index contributed by atoms with van der Waals surface area (Å²) in [6.07, 6.45) is 0. The lowest BCUT2D eigenvalue weighted by atomic mass is 9.99. The van der Waals surface area contributed by atoms with Crippen LogP contribution in [0.3, 0.4) is 0 Å². The first kappa shape index (κ1) is 25.8. The van der Waals surface area contributed by atoms with Crippen LogP contribution in [0.2, 0.25) is 0 Å². The summed E-state index contributed by atoms with van der Waals surface area (Å²) in [7, 11) is 0. The van der Waals surface area contributed by atoms with Crippen LogP contribution in [0, 0.1) is 0 Å². The van der Waals surface area contributed by atoms with Gasteiger partial charge in [-0.05, 0) is 68.1 Å². The minimum Gasteiger partial charge on any atom is -0.208 e. The Bertz CT molecular complexity index is 2270. The summed E-state index contributed by atoms with van der Waals surface area (Å²) in [5.41, 5.74) is 7.51. The standard InChI is InChI=1S/C41H27N3/c1-3-10-28(11-4-1)33-16-9-17-35(24-33)39-42-40(36-22-19-30-14-7-8-15-32(30)25-36)44-41(43-39)37-23-20-31-18-21-34(26-38(31)27-37)29-12-5-2-6-13-29/h1-27H. The molecular formula is C41H27N3. The fraction of sp³-hybridized carbons (Fsp3) is 0. The molecule has 0 atom stereocenters. The zero-order chi connectivity index (χ0) is 29.3. The molecule has 0 N–H and O–H groups in total. The fourth-order valence-corrected chi connectivity index (χ4v) is 5.76. The number of fused-ring (bicyclic) bond motifs is 2. The Kier molecular flexibility index (Phi) is 6.47. The Hall–Kier alpha value is -5.93. The van der Waals surface area contributed by atoms with Gasteiger partial charge < -0.3 is 0 Å². The van der Waals surface area contributed by atoms with E-state index in [1.807, 2.05) is 12.1 Å². The van der Waals surface area contributed by atoms with Crippen molar-refractivity contribution < 1.29 is 0 Å². The molecular weight excluding hydrogens is 534 g/mol. The van der Waals surface area contributed by atoms with Crippen LogP contribution in [0.4, 0.5) is 0 Å². The molecule has 8 rings (SSSR count). The third kappa shape index (κ3) is 5.01. The summed E-state index contributed by atoms with van der Waals surface area (Å²) < 4.78 is 0. The van der Waals surface area contributed by atoms with E-state index in [9.17, 15) is 0 Å². The molecule has 206 valence electrons. The van der Waals surface area contributed by atoms with Gasteiger partial charge in [0.05, 0.1) is 0 Å². The highest BCUT2D eigenvalue weighted by atomic mass is 15.0. The summed E-state index contributed by atoms with van der Waals surface area (Å²) in [6, 6.07) is 57.1. The maximum Gasteiger partial charge on any atom is 0.164 e. The first-order chi connectivity index (χ1) is 21.8. The van der Waals surface area contributed by atoms with Crippen LogP contribution in [-0.2, 0) is 0 Å². The van der Waals surface area contributed by atoms with Gasteiger partial charge in [-0.25, -0.2) is 15.0 Å². The van der Waals surface area contributed by atoms with E-state index in [4.69, 9.17) is 15.0 Å². The van der Waals surface area contributed by atoms with Crippen molar-refractivity contribution in [2.24, 2.45) is 0 Å². The van der Waals surface area contributed by atoms with E-state index in [1.54, 1.807) is 0 Å². The highest BCUT2D eigenvalue weighted by Gasteiger charge is 2.14. The second-order valence-corrected chi connectivity index (χ2v) is 11.0. The average Bonchev–Trinajstić information content (AvgIpc) is 3.11. The van der Waals surface area contributed by atoms with Crippen molar-refractivity contribution >= 4 is 21.5 Å². The Labute approximate surface area is 256 Å². The summed E-state index contributed by atoms with van der Waals surface area (Å²) in [4.78, 5) is 15.1. The highest BCUT2D eigenvalue weighted by molar-refractivity contribution is 5.91. The van der Waals surface area contributed by atoms with E-state index >= 15 is 0 Å². The second-order valence-electron chi connectivity index (χ2n) is 11.0. The Balaban J connectivity index is 1.29. The van der Waals surface area contributed by atoms with Gasteiger partial charge >= 0.3 is 0 Å². The van der Waals surface area contributed by atoms with Crippen LogP contribution < -0.4 is 0 Å². The van der Waals surface area contributed by atoms with Crippen LogP contribution in [0.15, 0.2) is 164 Å². The third-order valence-electron chi connectivity index (χ3n) is 8.08. The summed E-state index contributed by atoms with van der Waals surface area (Å²) in [6.45, 7) is 0. The molecule has 1 aromatic heterocycles. The average molecular weight is 562 g/mol. The maximum atomic E-state index is 5.06. The van der Waals surface area contributed by atoms with Gasteiger partial charge in [0.2, 0.25) is 0 Å². The summed E-state index contributed by atoms with van der Waals surface area (Å²) in [5.74, 6) is 1.95. The van der Waals surface area contributed by atoms with E-state index < -0.39 is 0 Å². The number of hydrogen-bond acceptors (Lipinski definition) is 3. The van der Waals surface area contributed by atoms with Crippen LogP contribution in [0.25, 0.3) is 78.0 Å². The molecule has 8 aromatic rings. The third-order valence-corrected chi connectivity index (χ3v) is 8.08. The van der Waals surface area contributed by atoms with Gasteiger partial charge in [0, 0.05) is 16.7 Å². The van der Waals surface area contributed by atoms with Gasteiger partial charge in [0.15, 0.2) is 17.5 Å². The summed E-state index contributed by atoms with van der Waals surface area (Å²) in [5, 5.41) is 4.65. The number of rotatable bonds is 5. The molecule has 0 spiro atoms. The molecule has 1 heterocycles. The van der Waals surface area contributed by atoms with Crippen LogP contribution in [-0.4, -0.2) is 15.0 Å². The van der Waals surface area contributed by atoms with E-state index in [1.165, 1.54) is 21.9 Å². The van der Waals surface area contributed by atoms with Crippen molar-refractivity contribution in [3.05, 3.63) is 164 Å². The first-order valence-corrected chi connectivity index (χ1v) is 14.8. The van der Waals surface area contributed by atoms with E-state index in [-0.39, 0.29) is 0 Å². The SMILES string of the molecule is c1ccc(-c2cccc(-c3nc(-c4ccc5ccccc5c4)nc(-c4ccc5ccc(-c6ccccc6)cc5c4)n3)c2)cc1. The molecule has 0 saturated carbocycles. The van der Waals surface area contributed by atoms with Crippen LogP contribution >= 0.6 is 0 Å². The van der Waals surface area contributed by atoms with E-state index in [0.29, 0.717) is 17.5 Å². The lowest BCUT2D eigenvalue weighted by molar-refractivity contribution is 1.08. The van der Waals surface area contributed by atoms with Gasteiger partial charge in [-0.2, -0.15) is 0 Å². The molecule has 0 radical (unpaired) electrons. The van der Waals surface area contributed by atoms with Gasteiger partial charge in [-0.3, -0.25) is 0 Å². The molecule has 3 heteroatoms. The Morgan fingerprint density at radius 1 is 0.227 bits per heavy atom. The predicted molar refractivity (Wildman–Crippen MR) is 182 cm³/mol. The molecule has 0 aliphatic carbocycles.